The average molecular weight is 365 g/mol. The summed E-state index contributed by atoms with van der Waals surface area (Å²) in [5.74, 6) is 0.969. The molecular weight excluding hydrogens is 334 g/mol. The molecule has 0 radical (unpaired) electrons. The molecule has 2 rings (SSSR count). The van der Waals surface area contributed by atoms with Crippen LogP contribution in [-0.4, -0.2) is 12.9 Å². The van der Waals surface area contributed by atoms with Crippen molar-refractivity contribution in [2.45, 2.75) is 40.5 Å². The molecule has 0 unspecified atom stereocenters. The monoisotopic (exact) mass is 364 g/mol. The number of rotatable bonds is 7. The average Bonchev–Trinajstić information content (AvgIpc) is 2.71. The van der Waals surface area contributed by atoms with Crippen LogP contribution in [0.15, 0.2) is 54.2 Å². The zero-order valence-electron chi connectivity index (χ0n) is 17.1. The number of ether oxygens (including phenoxy) is 1. The Balaban J connectivity index is 2.73. The second kappa shape index (κ2) is 9.33. The predicted molar refractivity (Wildman–Crippen MR) is 112 cm³/mol. The van der Waals surface area contributed by atoms with Gasteiger partial charge in [-0.2, -0.15) is 0 Å². The minimum absolute atomic E-state index is 0.119. The molecule has 2 aromatic rings. The lowest BCUT2D eigenvalue weighted by atomic mass is 9.89. The summed E-state index contributed by atoms with van der Waals surface area (Å²) in [7, 11) is 1.69. The number of hydrogen-bond acceptors (Lipinski definition) is 2. The number of aryl methyl sites for hydroxylation is 2. The molecule has 0 spiro atoms. The van der Waals surface area contributed by atoms with Gasteiger partial charge in [0.15, 0.2) is 5.78 Å². The summed E-state index contributed by atoms with van der Waals surface area (Å²) in [5, 5.41) is 0. The van der Waals surface area contributed by atoms with E-state index in [-0.39, 0.29) is 5.78 Å². The van der Waals surface area contributed by atoms with E-state index in [1.807, 2.05) is 45.1 Å². The second-order valence-electron chi connectivity index (χ2n) is 6.58. The van der Waals surface area contributed by atoms with Gasteiger partial charge in [0.1, 0.15) is 11.4 Å². The third-order valence-electron chi connectivity index (χ3n) is 4.85. The molecule has 3 nitrogen and oxygen atoms in total. The molecule has 142 valence electrons. The summed E-state index contributed by atoms with van der Waals surface area (Å²) in [4.78, 5) is 12.7. The summed E-state index contributed by atoms with van der Waals surface area (Å²) in [6.45, 7) is 8.00. The number of quaternary nitrogens is 1. The number of carbonyl (C=O) groups excluding carboxylic acids is 1. The molecule has 0 bridgehead atoms. The van der Waals surface area contributed by atoms with Crippen LogP contribution in [0.1, 0.15) is 43.9 Å². The van der Waals surface area contributed by atoms with Crippen molar-refractivity contribution < 1.29 is 15.3 Å². The molecule has 0 saturated heterocycles. The molecule has 0 aliphatic heterocycles. The lowest BCUT2D eigenvalue weighted by molar-refractivity contribution is -0.295. The van der Waals surface area contributed by atoms with Crippen LogP contribution < -0.4 is 10.5 Å². The van der Waals surface area contributed by atoms with Gasteiger partial charge in [-0.3, -0.25) is 4.79 Å². The van der Waals surface area contributed by atoms with E-state index in [2.05, 4.69) is 36.9 Å². The zero-order valence-corrected chi connectivity index (χ0v) is 17.1. The molecule has 27 heavy (non-hydrogen) atoms. The normalized spacial score (nSPS) is 12.2. The Labute approximate surface area is 162 Å². The molecule has 0 aliphatic rings. The Morgan fingerprint density at radius 1 is 1.19 bits per heavy atom. The van der Waals surface area contributed by atoms with Gasteiger partial charge in [-0.1, -0.05) is 38.1 Å². The van der Waals surface area contributed by atoms with E-state index < -0.39 is 0 Å². The number of ketones is 1. The van der Waals surface area contributed by atoms with Gasteiger partial charge in [-0.15, -0.1) is 0 Å². The van der Waals surface area contributed by atoms with Crippen molar-refractivity contribution in [1.82, 2.24) is 0 Å². The van der Waals surface area contributed by atoms with Crippen molar-refractivity contribution in [3.05, 3.63) is 70.9 Å². The van der Waals surface area contributed by atoms with Crippen LogP contribution in [-0.2, 0) is 11.2 Å². The van der Waals surface area contributed by atoms with Crippen LogP contribution in [0.3, 0.4) is 0 Å². The maximum atomic E-state index is 12.7. The number of allylic oxidation sites excluding steroid dienone is 3. The SMILES string of the molecule is C/C=C([NH3+])/C=C(/C(=O)CC)c1cc(-c2c(CC)cccc2OC)ccc1C. The van der Waals surface area contributed by atoms with E-state index in [4.69, 9.17) is 4.74 Å². The van der Waals surface area contributed by atoms with Gasteiger partial charge in [-0.25, -0.2) is 0 Å². The first-order chi connectivity index (χ1) is 13.0. The van der Waals surface area contributed by atoms with Crippen LogP contribution in [0.4, 0.5) is 0 Å². The summed E-state index contributed by atoms with van der Waals surface area (Å²) in [5.41, 5.74) is 11.0. The van der Waals surface area contributed by atoms with Gasteiger partial charge in [0, 0.05) is 23.6 Å². The molecule has 2 aromatic carbocycles. The van der Waals surface area contributed by atoms with Gasteiger partial charge in [0.25, 0.3) is 0 Å². The molecule has 3 heteroatoms. The van der Waals surface area contributed by atoms with Crippen LogP contribution in [0, 0.1) is 6.92 Å². The van der Waals surface area contributed by atoms with Crippen molar-refractivity contribution in [1.29, 1.82) is 0 Å². The Hall–Kier alpha value is -2.65. The first-order valence-corrected chi connectivity index (χ1v) is 9.47. The Bertz CT molecular complexity index is 869. The van der Waals surface area contributed by atoms with E-state index in [0.717, 1.165) is 40.1 Å². The van der Waals surface area contributed by atoms with Gasteiger partial charge >= 0.3 is 0 Å². The van der Waals surface area contributed by atoms with E-state index in [9.17, 15) is 4.79 Å². The van der Waals surface area contributed by atoms with Crippen LogP contribution in [0.25, 0.3) is 16.7 Å². The van der Waals surface area contributed by atoms with Gasteiger partial charge in [-0.05, 0) is 60.7 Å². The lowest BCUT2D eigenvalue weighted by Crippen LogP contribution is -2.46. The van der Waals surface area contributed by atoms with E-state index in [1.165, 1.54) is 5.56 Å². The fourth-order valence-corrected chi connectivity index (χ4v) is 3.20. The highest BCUT2D eigenvalue weighted by atomic mass is 16.5. The topological polar surface area (TPSA) is 53.9 Å². The van der Waals surface area contributed by atoms with Crippen LogP contribution >= 0.6 is 0 Å². The molecule has 3 N–H and O–H groups in total. The van der Waals surface area contributed by atoms with Crippen molar-refractivity contribution in [3.63, 3.8) is 0 Å². The molecule has 0 fully saturated rings. The largest absolute Gasteiger partial charge is 0.496 e. The second-order valence-corrected chi connectivity index (χ2v) is 6.58. The first-order valence-electron chi connectivity index (χ1n) is 9.47. The molecule has 0 aliphatic carbocycles. The van der Waals surface area contributed by atoms with Gasteiger partial charge < -0.3 is 10.5 Å². The summed E-state index contributed by atoms with van der Waals surface area (Å²) < 4.78 is 5.62. The lowest BCUT2D eigenvalue weighted by Gasteiger charge is -2.16. The van der Waals surface area contributed by atoms with Gasteiger partial charge in [0.2, 0.25) is 0 Å². The fourth-order valence-electron chi connectivity index (χ4n) is 3.20. The molecule has 0 amide bonds. The highest BCUT2D eigenvalue weighted by Crippen LogP contribution is 2.36. The standard InChI is InChI=1S/C24H29NO2/c1-6-17-10-9-11-23(27-5)24(17)18-13-12-16(4)20(14-18)21(22(26)8-3)15-19(25)7-2/h7,9-15H,6,8,25H2,1-5H3/p+1/b19-7-,21-15+. The Kier molecular flexibility index (Phi) is 7.14. The van der Waals surface area contributed by atoms with Crippen molar-refractivity contribution in [2.75, 3.05) is 7.11 Å². The van der Waals surface area contributed by atoms with Crippen molar-refractivity contribution in [3.8, 4) is 16.9 Å². The molecule has 0 saturated carbocycles. The quantitative estimate of drug-likeness (QED) is 0.570. The maximum absolute atomic E-state index is 12.7. The highest BCUT2D eigenvalue weighted by Gasteiger charge is 2.17. The van der Waals surface area contributed by atoms with E-state index >= 15 is 0 Å². The van der Waals surface area contributed by atoms with Gasteiger partial charge in [0.05, 0.1) is 7.11 Å². The maximum Gasteiger partial charge on any atom is 0.163 e. The number of Topliss-reactive ketones (excluding diaryl/α,β-unsaturated/α-hetero) is 1. The number of methoxy groups -OCH3 is 1. The Morgan fingerprint density at radius 3 is 2.52 bits per heavy atom. The zero-order chi connectivity index (χ0) is 20.0. The van der Waals surface area contributed by atoms with Crippen molar-refractivity contribution >= 4 is 11.4 Å². The van der Waals surface area contributed by atoms with Crippen LogP contribution in [0.2, 0.25) is 0 Å². The first kappa shape index (κ1) is 20.7. The number of carbonyl (C=O) groups is 1. The predicted octanol–water partition coefficient (Wildman–Crippen LogP) is 4.74. The van der Waals surface area contributed by atoms with E-state index in [0.29, 0.717) is 12.0 Å². The molecule has 0 atom stereocenters. The van der Waals surface area contributed by atoms with Crippen LogP contribution in [0.5, 0.6) is 5.75 Å². The third-order valence-corrected chi connectivity index (χ3v) is 4.85. The summed E-state index contributed by atoms with van der Waals surface area (Å²) in [6.07, 6.45) is 5.17. The molecular formula is C24H30NO2+. The summed E-state index contributed by atoms with van der Waals surface area (Å²) in [6, 6.07) is 12.4. The minimum atomic E-state index is 0.119. The summed E-state index contributed by atoms with van der Waals surface area (Å²) >= 11 is 0. The Morgan fingerprint density at radius 2 is 1.93 bits per heavy atom. The van der Waals surface area contributed by atoms with E-state index in [1.54, 1.807) is 7.11 Å². The number of hydrogen-bond donors (Lipinski definition) is 1. The highest BCUT2D eigenvalue weighted by molar-refractivity contribution is 6.21. The number of benzene rings is 2. The molecule has 0 heterocycles. The third kappa shape index (κ3) is 4.55. The van der Waals surface area contributed by atoms with Crippen molar-refractivity contribution in [2.24, 2.45) is 0 Å². The fraction of sp³-hybridized carbons (Fsp3) is 0.292. The molecule has 0 aromatic heterocycles. The minimum Gasteiger partial charge on any atom is -0.496 e. The smallest absolute Gasteiger partial charge is 0.163 e.